The fourth-order valence-electron chi connectivity index (χ4n) is 4.83. The first-order chi connectivity index (χ1) is 19.2. The van der Waals surface area contributed by atoms with Crippen LogP contribution in [-0.2, 0) is 26.2 Å². The summed E-state index contributed by atoms with van der Waals surface area (Å²) in [5.74, 6) is 2.09. The molecule has 0 aliphatic carbocycles. The van der Waals surface area contributed by atoms with Crippen LogP contribution in [0.25, 0.3) is 16.1 Å². The van der Waals surface area contributed by atoms with Crippen molar-refractivity contribution in [3.05, 3.63) is 23.1 Å². The van der Waals surface area contributed by atoms with E-state index in [9.17, 15) is 8.42 Å². The average Bonchev–Trinajstić information content (AvgIpc) is 3.49. The molecule has 1 aliphatic heterocycles. The minimum atomic E-state index is -3.67. The summed E-state index contributed by atoms with van der Waals surface area (Å²) < 4.78 is 56.3. The third-order valence-electron chi connectivity index (χ3n) is 6.55. The lowest BCUT2D eigenvalue weighted by Gasteiger charge is -2.35. The number of nitrogens with zero attached hydrogens (tertiary/aromatic N) is 3. The number of ether oxygens (including phenoxy) is 5. The topological polar surface area (TPSA) is 121 Å². The Morgan fingerprint density at radius 1 is 1.10 bits per heavy atom. The van der Waals surface area contributed by atoms with Crippen LogP contribution in [-0.4, -0.2) is 83.1 Å². The zero-order chi connectivity index (χ0) is 29.3. The van der Waals surface area contributed by atoms with Crippen molar-refractivity contribution in [1.82, 2.24) is 9.61 Å². The minimum Gasteiger partial charge on any atom is -0.496 e. The molecule has 0 radical (unpaired) electrons. The number of methoxy groups -OCH3 is 4. The molecule has 0 bridgehead atoms. The van der Waals surface area contributed by atoms with Gasteiger partial charge in [-0.05, 0) is 37.0 Å². The maximum atomic E-state index is 9.19. The predicted molar refractivity (Wildman–Crippen MR) is 157 cm³/mol. The van der Waals surface area contributed by atoms with Crippen molar-refractivity contribution in [1.29, 1.82) is 0 Å². The quantitative estimate of drug-likeness (QED) is 0.227. The van der Waals surface area contributed by atoms with Crippen LogP contribution >= 0.6 is 11.3 Å². The molecule has 0 spiro atoms. The molecule has 2 aromatic heterocycles. The monoisotopic (exact) mass is 599 g/mol. The molecule has 1 aromatic carbocycles. The van der Waals surface area contributed by atoms with Crippen LogP contribution in [0.5, 0.6) is 17.4 Å². The highest BCUT2D eigenvalue weighted by atomic mass is 32.2. The van der Waals surface area contributed by atoms with Crippen LogP contribution in [0.2, 0.25) is 0 Å². The van der Waals surface area contributed by atoms with Gasteiger partial charge in [0.1, 0.15) is 22.0 Å². The van der Waals surface area contributed by atoms with Gasteiger partial charge in [0, 0.05) is 38.3 Å². The number of rotatable bonds is 12. The van der Waals surface area contributed by atoms with Crippen molar-refractivity contribution < 1.29 is 36.7 Å². The van der Waals surface area contributed by atoms with Gasteiger partial charge in [-0.25, -0.2) is 4.52 Å². The Morgan fingerprint density at radius 3 is 2.25 bits per heavy atom. The van der Waals surface area contributed by atoms with Gasteiger partial charge < -0.3 is 28.6 Å². The van der Waals surface area contributed by atoms with Crippen LogP contribution in [0.4, 0.5) is 5.69 Å². The Kier molecular flexibility index (Phi) is 11.9. The van der Waals surface area contributed by atoms with E-state index < -0.39 is 10.1 Å². The molecular weight excluding hydrogens is 558 g/mol. The van der Waals surface area contributed by atoms with E-state index in [0.717, 1.165) is 77.9 Å². The lowest BCUT2D eigenvalue weighted by molar-refractivity contribution is 0.0843. The van der Waals surface area contributed by atoms with Gasteiger partial charge >= 0.3 is 0 Å². The summed E-state index contributed by atoms with van der Waals surface area (Å²) in [6.07, 6.45) is 6.25. The molecule has 13 heteroatoms. The highest BCUT2D eigenvalue weighted by molar-refractivity contribution is 7.85. The van der Waals surface area contributed by atoms with Crippen LogP contribution in [0.15, 0.2) is 17.5 Å². The SMILES string of the molecule is CCCCCN(c1c(OC)nn2c(-c3c(OC)cc(COC)cc3OC)csc12)C1CCOCC1.CS(=O)(=O)O. The van der Waals surface area contributed by atoms with Crippen molar-refractivity contribution in [2.75, 3.05) is 59.4 Å². The fraction of sp³-hybridized carbons (Fsp3) is 0.593. The molecule has 0 unspecified atom stereocenters. The van der Waals surface area contributed by atoms with E-state index in [4.69, 9.17) is 33.3 Å². The van der Waals surface area contributed by atoms with Gasteiger partial charge in [0.25, 0.3) is 16.0 Å². The molecule has 4 rings (SSSR count). The predicted octanol–water partition coefficient (Wildman–Crippen LogP) is 4.91. The molecule has 0 saturated carbocycles. The zero-order valence-electron chi connectivity index (χ0n) is 24.1. The number of fused-ring (bicyclic) bond motifs is 1. The van der Waals surface area contributed by atoms with Crippen LogP contribution < -0.4 is 19.1 Å². The zero-order valence-corrected chi connectivity index (χ0v) is 25.8. The maximum Gasteiger partial charge on any atom is 0.261 e. The molecule has 3 heterocycles. The smallest absolute Gasteiger partial charge is 0.261 e. The van der Waals surface area contributed by atoms with Crippen molar-refractivity contribution in [2.24, 2.45) is 0 Å². The molecule has 3 aromatic rings. The molecule has 224 valence electrons. The first-order valence-corrected chi connectivity index (χ1v) is 15.9. The number of aromatic nitrogens is 2. The number of benzene rings is 1. The second-order valence-corrected chi connectivity index (χ2v) is 11.8. The molecule has 0 amide bonds. The molecule has 1 aliphatic rings. The number of hydrogen-bond acceptors (Lipinski definition) is 10. The molecule has 1 saturated heterocycles. The highest BCUT2D eigenvalue weighted by Crippen LogP contribution is 2.45. The summed E-state index contributed by atoms with van der Waals surface area (Å²) in [6.45, 7) is 5.27. The van der Waals surface area contributed by atoms with Crippen LogP contribution in [0, 0.1) is 0 Å². The van der Waals surface area contributed by atoms with Crippen molar-refractivity contribution in [3.63, 3.8) is 0 Å². The molecular formula is C27H41N3O8S2. The van der Waals surface area contributed by atoms with Gasteiger partial charge in [0.15, 0.2) is 0 Å². The van der Waals surface area contributed by atoms with Crippen LogP contribution in [0.1, 0.15) is 44.6 Å². The van der Waals surface area contributed by atoms with Crippen molar-refractivity contribution in [3.8, 4) is 28.6 Å². The third kappa shape index (κ3) is 8.00. The average molecular weight is 600 g/mol. The van der Waals surface area contributed by atoms with Gasteiger partial charge in [-0.1, -0.05) is 19.8 Å². The van der Waals surface area contributed by atoms with Crippen LogP contribution in [0.3, 0.4) is 0 Å². The second-order valence-electron chi connectivity index (χ2n) is 9.48. The summed E-state index contributed by atoms with van der Waals surface area (Å²) >= 11 is 1.67. The van der Waals surface area contributed by atoms with E-state index in [0.29, 0.717) is 24.8 Å². The second kappa shape index (κ2) is 14.9. The maximum absolute atomic E-state index is 9.19. The lowest BCUT2D eigenvalue weighted by atomic mass is 10.1. The first kappa shape index (κ1) is 31.9. The summed E-state index contributed by atoms with van der Waals surface area (Å²) in [5, 5.41) is 7.04. The van der Waals surface area contributed by atoms with Gasteiger partial charge in [-0.15, -0.1) is 16.4 Å². The summed E-state index contributed by atoms with van der Waals surface area (Å²) in [6, 6.07) is 4.39. The Labute approximate surface area is 240 Å². The van der Waals surface area contributed by atoms with Crippen molar-refractivity contribution in [2.45, 2.75) is 51.7 Å². The molecule has 11 nitrogen and oxygen atoms in total. The number of hydrogen-bond donors (Lipinski definition) is 1. The fourth-order valence-corrected chi connectivity index (χ4v) is 5.82. The van der Waals surface area contributed by atoms with E-state index in [1.54, 1.807) is 39.8 Å². The summed E-state index contributed by atoms with van der Waals surface area (Å²) in [5.41, 5.74) is 3.83. The number of anilines is 1. The molecule has 0 atom stereocenters. The minimum absolute atomic E-state index is 0.408. The van der Waals surface area contributed by atoms with Gasteiger partial charge in [-0.2, -0.15) is 8.42 Å². The molecule has 1 fully saturated rings. The summed E-state index contributed by atoms with van der Waals surface area (Å²) in [7, 11) is 3.06. The normalized spacial score (nSPS) is 14.1. The Hall–Kier alpha value is -2.58. The highest BCUT2D eigenvalue weighted by Gasteiger charge is 2.30. The lowest BCUT2D eigenvalue weighted by Crippen LogP contribution is -2.40. The Morgan fingerprint density at radius 2 is 1.73 bits per heavy atom. The van der Waals surface area contributed by atoms with E-state index in [-0.39, 0.29) is 0 Å². The number of unbranched alkanes of at least 4 members (excludes halogenated alkanes) is 2. The van der Waals surface area contributed by atoms with E-state index in [2.05, 4.69) is 17.2 Å². The third-order valence-corrected chi connectivity index (χ3v) is 7.48. The van der Waals surface area contributed by atoms with Crippen molar-refractivity contribution >= 4 is 32.0 Å². The van der Waals surface area contributed by atoms with Gasteiger partial charge in [0.05, 0.1) is 45.4 Å². The summed E-state index contributed by atoms with van der Waals surface area (Å²) in [4.78, 5) is 3.57. The number of thiazole rings is 1. The Bertz CT molecular complexity index is 1300. The van der Waals surface area contributed by atoms with E-state index >= 15 is 0 Å². The van der Waals surface area contributed by atoms with E-state index in [1.165, 1.54) is 12.8 Å². The molecule has 1 N–H and O–H groups in total. The van der Waals surface area contributed by atoms with Gasteiger partial charge in [0.2, 0.25) is 0 Å². The van der Waals surface area contributed by atoms with Gasteiger partial charge in [-0.3, -0.25) is 4.55 Å². The van der Waals surface area contributed by atoms with E-state index in [1.807, 2.05) is 16.6 Å². The molecule has 40 heavy (non-hydrogen) atoms. The standard InChI is InChI=1S/C26H37N3O5S.CH4O3S/c1-6-7-8-11-28(19-9-12-34-13-10-19)24-25(33-5)27-29-20(17-35-26(24)29)23-21(31-3)14-18(16-30-2)15-22(23)32-4;1-5(2,3)4/h14-15,17,19H,6-13,16H2,1-5H3;1H3,(H,2,3,4). The Balaban J connectivity index is 0.000000810. The first-order valence-electron chi connectivity index (χ1n) is 13.2. The largest absolute Gasteiger partial charge is 0.496 e.